The number of fused-ring (bicyclic) bond motifs is 4. The Morgan fingerprint density at radius 2 is 1.52 bits per heavy atom. The monoisotopic (exact) mass is 571 g/mol. The first-order valence-electron chi connectivity index (χ1n) is 12.7. The number of aliphatic carboxylic acids is 1. The summed E-state index contributed by atoms with van der Waals surface area (Å²) in [5.41, 5.74) is 6.85. The van der Waals surface area contributed by atoms with Crippen LogP contribution < -0.4 is 5.32 Å². The number of alkyl carbamates (subject to hydrolysis) is 1. The largest absolute Gasteiger partial charge is 0.480 e. The zero-order chi connectivity index (χ0) is 27.8. The molecule has 1 aliphatic carbocycles. The summed E-state index contributed by atoms with van der Waals surface area (Å²) in [5, 5.41) is 13.6. The molecule has 9 heteroatoms. The van der Waals surface area contributed by atoms with Gasteiger partial charge in [-0.25, -0.2) is 14.6 Å². The van der Waals surface area contributed by atoms with Crippen LogP contribution in [-0.4, -0.2) is 39.2 Å². The highest BCUT2D eigenvalue weighted by Gasteiger charge is 2.30. The lowest BCUT2D eigenvalue weighted by atomic mass is 9.98. The zero-order valence-corrected chi connectivity index (χ0v) is 22.6. The molecule has 0 spiro atoms. The van der Waals surface area contributed by atoms with Crippen molar-refractivity contribution in [2.24, 2.45) is 0 Å². The first kappa shape index (κ1) is 25.9. The average Bonchev–Trinajstić information content (AvgIpc) is 3.47. The number of nitrogens with zero attached hydrogens (tertiary/aromatic N) is 2. The van der Waals surface area contributed by atoms with Crippen LogP contribution in [0.2, 0.25) is 10.0 Å². The number of halogens is 2. The van der Waals surface area contributed by atoms with Gasteiger partial charge in [0.25, 0.3) is 0 Å². The van der Waals surface area contributed by atoms with Gasteiger partial charge in [0.1, 0.15) is 18.3 Å². The van der Waals surface area contributed by atoms with Crippen LogP contribution in [0.25, 0.3) is 28.0 Å². The minimum atomic E-state index is -1.28. The van der Waals surface area contributed by atoms with E-state index in [1.165, 1.54) is 0 Å². The van der Waals surface area contributed by atoms with Crippen molar-refractivity contribution >= 4 is 40.9 Å². The first-order chi connectivity index (χ1) is 19.4. The molecule has 0 fully saturated rings. The van der Waals surface area contributed by atoms with Crippen molar-refractivity contribution in [2.45, 2.75) is 18.4 Å². The smallest absolute Gasteiger partial charge is 0.407 e. The number of hydrogen-bond acceptors (Lipinski definition) is 4. The summed E-state index contributed by atoms with van der Waals surface area (Å²) in [5.74, 6) is -1.34. The van der Waals surface area contributed by atoms with Crippen LogP contribution in [0.5, 0.6) is 0 Å². The van der Waals surface area contributed by atoms with E-state index >= 15 is 0 Å². The highest BCUT2D eigenvalue weighted by atomic mass is 35.5. The number of amides is 1. The minimum absolute atomic E-state index is 0.0566. The van der Waals surface area contributed by atoms with E-state index in [0.29, 0.717) is 27.1 Å². The molecular weight excluding hydrogens is 549 g/mol. The molecule has 6 rings (SSSR count). The molecule has 0 bridgehead atoms. The van der Waals surface area contributed by atoms with Gasteiger partial charge in [-0.1, -0.05) is 83.9 Å². The number of carbonyl (C=O) groups is 2. The molecule has 0 radical (unpaired) electrons. The van der Waals surface area contributed by atoms with Crippen LogP contribution in [0.1, 0.15) is 22.7 Å². The fourth-order valence-corrected chi connectivity index (χ4v) is 5.56. The molecule has 40 heavy (non-hydrogen) atoms. The molecule has 5 aromatic rings. The molecule has 0 aliphatic heterocycles. The fraction of sp³-hybridized carbons (Fsp3) is 0.129. The number of carboxylic acid groups (broad SMARTS) is 1. The van der Waals surface area contributed by atoms with Crippen molar-refractivity contribution in [1.29, 1.82) is 0 Å². The van der Waals surface area contributed by atoms with Crippen LogP contribution >= 0.6 is 23.2 Å². The van der Waals surface area contributed by atoms with Gasteiger partial charge in [-0.2, -0.15) is 0 Å². The van der Waals surface area contributed by atoms with Crippen molar-refractivity contribution in [3.8, 4) is 22.4 Å². The predicted molar refractivity (Wildman–Crippen MR) is 154 cm³/mol. The van der Waals surface area contributed by atoms with Gasteiger partial charge < -0.3 is 19.6 Å². The number of imidazole rings is 1. The van der Waals surface area contributed by atoms with Crippen molar-refractivity contribution in [3.05, 3.63) is 118 Å². The van der Waals surface area contributed by atoms with Crippen LogP contribution in [0.3, 0.4) is 0 Å². The summed E-state index contributed by atoms with van der Waals surface area (Å²) in [4.78, 5) is 29.9. The maximum atomic E-state index is 12.9. The van der Waals surface area contributed by atoms with E-state index in [-0.39, 0.29) is 18.9 Å². The van der Waals surface area contributed by atoms with Crippen molar-refractivity contribution in [3.63, 3.8) is 0 Å². The molecule has 2 N–H and O–H groups in total. The molecule has 200 valence electrons. The highest BCUT2D eigenvalue weighted by Crippen LogP contribution is 2.44. The molecule has 2 aromatic heterocycles. The van der Waals surface area contributed by atoms with E-state index in [4.69, 9.17) is 32.9 Å². The standard InChI is InChI=1S/C31H23Cl2N3O4/c32-19-11-9-18(10-12-19)29-27(36-16-20(33)13-14-28(36)35-29)15-26(30(37)38)34-31(39)40-17-25-23-7-3-1-5-21(23)22-6-2-4-8-24(22)25/h1-14,16,25-26H,15,17H2,(H,34,39)(H,37,38). The summed E-state index contributed by atoms with van der Waals surface area (Å²) in [6.45, 7) is 0.0768. The number of rotatable bonds is 7. The molecule has 1 atom stereocenters. The second kappa shape index (κ2) is 10.7. The lowest BCUT2D eigenvalue weighted by Gasteiger charge is -2.18. The Hall–Kier alpha value is -4.33. The third-order valence-electron chi connectivity index (χ3n) is 7.13. The number of pyridine rings is 1. The van der Waals surface area contributed by atoms with Crippen molar-refractivity contribution in [1.82, 2.24) is 14.7 Å². The number of ether oxygens (including phenoxy) is 1. The Balaban J connectivity index is 1.24. The number of benzene rings is 3. The molecular formula is C31H23Cl2N3O4. The number of carboxylic acids is 1. The number of hydrogen-bond donors (Lipinski definition) is 2. The predicted octanol–water partition coefficient (Wildman–Crippen LogP) is 6.84. The minimum Gasteiger partial charge on any atom is -0.480 e. The van der Waals surface area contributed by atoms with Gasteiger partial charge in [0.05, 0.1) is 16.4 Å². The van der Waals surface area contributed by atoms with E-state index in [9.17, 15) is 14.7 Å². The lowest BCUT2D eigenvalue weighted by molar-refractivity contribution is -0.139. The lowest BCUT2D eigenvalue weighted by Crippen LogP contribution is -2.43. The van der Waals surface area contributed by atoms with Gasteiger partial charge >= 0.3 is 12.1 Å². The van der Waals surface area contributed by atoms with E-state index in [0.717, 1.165) is 27.8 Å². The summed E-state index contributed by atoms with van der Waals surface area (Å²) >= 11 is 12.3. The zero-order valence-electron chi connectivity index (χ0n) is 21.1. The Kier molecular flexibility index (Phi) is 6.92. The number of nitrogens with one attached hydrogen (secondary N) is 1. The molecule has 0 saturated heterocycles. The van der Waals surface area contributed by atoms with Gasteiger partial charge in [-0.05, 0) is 46.5 Å². The van der Waals surface area contributed by atoms with Crippen LogP contribution in [0.4, 0.5) is 4.79 Å². The summed E-state index contributed by atoms with van der Waals surface area (Å²) in [7, 11) is 0. The Bertz CT molecular complexity index is 1700. The second-order valence-corrected chi connectivity index (χ2v) is 10.4. The second-order valence-electron chi connectivity index (χ2n) is 9.55. The highest BCUT2D eigenvalue weighted by molar-refractivity contribution is 6.30. The van der Waals surface area contributed by atoms with Gasteiger partial charge in [0.15, 0.2) is 0 Å². The molecule has 0 saturated carbocycles. The fourth-order valence-electron chi connectivity index (χ4n) is 5.28. The van der Waals surface area contributed by atoms with E-state index in [1.54, 1.807) is 34.9 Å². The molecule has 1 aliphatic rings. The Morgan fingerprint density at radius 3 is 2.17 bits per heavy atom. The average molecular weight is 572 g/mol. The first-order valence-corrected chi connectivity index (χ1v) is 13.4. The normalized spacial score (nSPS) is 13.1. The molecule has 3 aromatic carbocycles. The van der Waals surface area contributed by atoms with Crippen molar-refractivity contribution < 1.29 is 19.4 Å². The summed E-state index contributed by atoms with van der Waals surface area (Å²) in [6.07, 6.45) is 0.804. The van der Waals surface area contributed by atoms with Gasteiger partial charge in [-0.15, -0.1) is 0 Å². The Morgan fingerprint density at radius 1 is 0.900 bits per heavy atom. The maximum absolute atomic E-state index is 12.9. The van der Waals surface area contributed by atoms with E-state index in [1.807, 2.05) is 48.5 Å². The number of aromatic nitrogens is 2. The molecule has 1 unspecified atom stereocenters. The third kappa shape index (κ3) is 4.90. The van der Waals surface area contributed by atoms with Gasteiger partial charge in [-0.3, -0.25) is 0 Å². The SMILES string of the molecule is O=C(NC(Cc1c(-c2ccc(Cl)cc2)nc2ccc(Cl)cn12)C(=O)O)OCC1c2ccccc2-c2ccccc21. The quantitative estimate of drug-likeness (QED) is 0.223. The summed E-state index contributed by atoms with van der Waals surface area (Å²) < 4.78 is 7.34. The van der Waals surface area contributed by atoms with Crippen LogP contribution in [0, 0.1) is 0 Å². The van der Waals surface area contributed by atoms with Crippen LogP contribution in [0.15, 0.2) is 91.1 Å². The summed E-state index contributed by atoms with van der Waals surface area (Å²) in [6, 6.07) is 25.3. The van der Waals surface area contributed by atoms with Gasteiger partial charge in [0, 0.05) is 29.1 Å². The molecule has 2 heterocycles. The Labute approximate surface area is 240 Å². The molecule has 1 amide bonds. The van der Waals surface area contributed by atoms with E-state index < -0.39 is 18.1 Å². The third-order valence-corrected chi connectivity index (χ3v) is 7.61. The maximum Gasteiger partial charge on any atom is 0.407 e. The van der Waals surface area contributed by atoms with Crippen molar-refractivity contribution in [2.75, 3.05) is 6.61 Å². The van der Waals surface area contributed by atoms with Crippen LogP contribution in [-0.2, 0) is 16.0 Å². The molecule has 7 nitrogen and oxygen atoms in total. The number of carbonyl (C=O) groups excluding carboxylic acids is 1. The van der Waals surface area contributed by atoms with Gasteiger partial charge in [0.2, 0.25) is 0 Å². The topological polar surface area (TPSA) is 92.9 Å². The van der Waals surface area contributed by atoms with E-state index in [2.05, 4.69) is 17.4 Å².